The zero-order chi connectivity index (χ0) is 5.11. The lowest BCUT2D eigenvalue weighted by molar-refractivity contribution is 0.607. The quantitative estimate of drug-likeness (QED) is 0.501. The molecule has 2 radical (unpaired) electrons. The summed E-state index contributed by atoms with van der Waals surface area (Å²) in [4.78, 5) is 0. The minimum Gasteiger partial charge on any atom is -0.162 e. The number of thioether (sulfide) groups is 1. The zero-order valence-electron chi connectivity index (χ0n) is 4.39. The van der Waals surface area contributed by atoms with Gasteiger partial charge in [0.05, 0.1) is 0 Å². The molecule has 0 saturated carbocycles. The van der Waals surface area contributed by atoms with E-state index in [-0.39, 0.29) is 0 Å². The molecule has 0 aromatic carbocycles. The number of hydrogen-bond donors (Lipinski definition) is 0. The van der Waals surface area contributed by atoms with E-state index in [4.69, 9.17) is 6.92 Å². The van der Waals surface area contributed by atoms with Gasteiger partial charge in [0.25, 0.3) is 0 Å². The highest BCUT2D eigenvalue weighted by Crippen LogP contribution is 2.24. The number of hydrogen-bond acceptors (Lipinski definition) is 1. The highest BCUT2D eigenvalue weighted by Gasteiger charge is 2.11. The Morgan fingerprint density at radius 1 is 1.71 bits per heavy atom. The first-order valence-corrected chi connectivity index (χ1v) is 3.87. The first-order chi connectivity index (χ1) is 3.43. The summed E-state index contributed by atoms with van der Waals surface area (Å²) >= 11 is 2.03. The Balaban J connectivity index is 2.14. The van der Waals surface area contributed by atoms with Crippen molar-refractivity contribution >= 4 is 11.8 Å². The second kappa shape index (κ2) is 2.61. The van der Waals surface area contributed by atoms with Crippen LogP contribution in [-0.4, -0.2) is 11.5 Å². The lowest BCUT2D eigenvalue weighted by Crippen LogP contribution is -1.92. The Morgan fingerprint density at radius 3 is 2.86 bits per heavy atom. The summed E-state index contributed by atoms with van der Waals surface area (Å²) < 4.78 is 0. The summed E-state index contributed by atoms with van der Waals surface area (Å²) in [6.07, 6.45) is 2.24. The van der Waals surface area contributed by atoms with Gasteiger partial charge in [-0.25, -0.2) is 0 Å². The van der Waals surface area contributed by atoms with Crippen LogP contribution < -0.4 is 0 Å². The minimum absolute atomic E-state index is 0.838. The summed E-state index contributed by atoms with van der Waals surface area (Å²) in [7, 11) is 0. The average molecular weight is 114 g/mol. The Labute approximate surface area is 49.7 Å². The van der Waals surface area contributed by atoms with E-state index in [1.54, 1.807) is 0 Å². The fourth-order valence-corrected chi connectivity index (χ4v) is 2.07. The molecule has 1 aliphatic rings. The Kier molecular flexibility index (Phi) is 2.04. The molecule has 0 aromatic rings. The summed E-state index contributed by atoms with van der Waals surface area (Å²) in [6.45, 7) is 5.42. The van der Waals surface area contributed by atoms with Gasteiger partial charge in [-0.1, -0.05) is 0 Å². The van der Waals surface area contributed by atoms with Crippen molar-refractivity contribution in [2.75, 3.05) is 11.5 Å². The standard InChI is InChI=1S/C6H10S/c1-2-6-3-4-7-5-6/h1,6H,2-5H2. The second-order valence-corrected chi connectivity index (χ2v) is 3.12. The van der Waals surface area contributed by atoms with E-state index in [1.807, 2.05) is 11.8 Å². The van der Waals surface area contributed by atoms with Gasteiger partial charge in [0.1, 0.15) is 0 Å². The van der Waals surface area contributed by atoms with E-state index >= 15 is 0 Å². The van der Waals surface area contributed by atoms with Gasteiger partial charge in [-0.15, -0.1) is 0 Å². The van der Waals surface area contributed by atoms with Crippen molar-refractivity contribution in [3.05, 3.63) is 6.92 Å². The van der Waals surface area contributed by atoms with Crippen LogP contribution in [0.15, 0.2) is 0 Å². The SMILES string of the molecule is [CH]CC1CCSC1. The predicted octanol–water partition coefficient (Wildman–Crippen LogP) is 1.84. The lowest BCUT2D eigenvalue weighted by Gasteiger charge is -1.98. The van der Waals surface area contributed by atoms with Gasteiger partial charge in [0.15, 0.2) is 0 Å². The molecule has 0 nitrogen and oxygen atoms in total. The maximum Gasteiger partial charge on any atom is -0.00387 e. The van der Waals surface area contributed by atoms with Crippen LogP contribution in [0.2, 0.25) is 0 Å². The fourth-order valence-electron chi connectivity index (χ4n) is 0.769. The zero-order valence-corrected chi connectivity index (χ0v) is 5.21. The van der Waals surface area contributed by atoms with E-state index in [1.165, 1.54) is 17.9 Å². The molecule has 1 rings (SSSR count). The molecular weight excluding hydrogens is 104 g/mol. The maximum absolute atomic E-state index is 5.42. The first kappa shape index (κ1) is 5.49. The van der Waals surface area contributed by atoms with Gasteiger partial charge in [-0.2, -0.15) is 11.8 Å². The molecule has 1 atom stereocenters. The summed E-state index contributed by atoms with van der Waals surface area (Å²) in [6, 6.07) is 0. The molecule has 1 fully saturated rings. The van der Waals surface area contributed by atoms with E-state index in [0.29, 0.717) is 0 Å². The first-order valence-electron chi connectivity index (χ1n) is 2.71. The van der Waals surface area contributed by atoms with Crippen LogP contribution in [0.4, 0.5) is 0 Å². The fraction of sp³-hybridized carbons (Fsp3) is 0.833. The van der Waals surface area contributed by atoms with Crippen molar-refractivity contribution in [1.29, 1.82) is 0 Å². The molecule has 1 aliphatic heterocycles. The monoisotopic (exact) mass is 114 g/mol. The van der Waals surface area contributed by atoms with Gasteiger partial charge in [-0.05, 0) is 37.2 Å². The van der Waals surface area contributed by atoms with Crippen LogP contribution in [0.1, 0.15) is 12.8 Å². The van der Waals surface area contributed by atoms with E-state index < -0.39 is 0 Å². The molecule has 0 aliphatic carbocycles. The second-order valence-electron chi connectivity index (χ2n) is 1.97. The van der Waals surface area contributed by atoms with Crippen molar-refractivity contribution in [2.24, 2.45) is 5.92 Å². The Hall–Kier alpha value is 0.350. The molecule has 40 valence electrons. The lowest BCUT2D eigenvalue weighted by atomic mass is 10.1. The highest BCUT2D eigenvalue weighted by molar-refractivity contribution is 7.99. The molecule has 0 bridgehead atoms. The molecule has 0 aromatic heterocycles. The Bertz CT molecular complexity index is 46.1. The van der Waals surface area contributed by atoms with Crippen LogP contribution >= 0.6 is 11.8 Å². The van der Waals surface area contributed by atoms with E-state index in [9.17, 15) is 0 Å². The van der Waals surface area contributed by atoms with Crippen LogP contribution in [0, 0.1) is 12.8 Å². The molecule has 0 amide bonds. The van der Waals surface area contributed by atoms with E-state index in [2.05, 4.69) is 0 Å². The van der Waals surface area contributed by atoms with Crippen molar-refractivity contribution in [1.82, 2.24) is 0 Å². The third-order valence-electron chi connectivity index (χ3n) is 1.36. The van der Waals surface area contributed by atoms with Gasteiger partial charge < -0.3 is 0 Å². The molecule has 0 N–H and O–H groups in total. The Morgan fingerprint density at radius 2 is 2.57 bits per heavy atom. The van der Waals surface area contributed by atoms with Gasteiger partial charge >= 0.3 is 0 Å². The molecule has 1 heterocycles. The van der Waals surface area contributed by atoms with Crippen LogP contribution in [0.25, 0.3) is 0 Å². The third-order valence-corrected chi connectivity index (χ3v) is 2.59. The predicted molar refractivity (Wildman–Crippen MR) is 34.3 cm³/mol. The molecule has 1 unspecified atom stereocenters. The molecule has 1 heteroatoms. The topological polar surface area (TPSA) is 0 Å². The van der Waals surface area contributed by atoms with Crippen molar-refractivity contribution in [3.63, 3.8) is 0 Å². The van der Waals surface area contributed by atoms with Crippen LogP contribution in [0.3, 0.4) is 0 Å². The summed E-state index contributed by atoms with van der Waals surface area (Å²) in [5.41, 5.74) is 0. The van der Waals surface area contributed by atoms with Crippen molar-refractivity contribution < 1.29 is 0 Å². The highest BCUT2D eigenvalue weighted by atomic mass is 32.2. The van der Waals surface area contributed by atoms with Gasteiger partial charge in [0, 0.05) is 0 Å². The smallest absolute Gasteiger partial charge is 0.00387 e. The minimum atomic E-state index is 0.838. The molecule has 0 spiro atoms. The normalized spacial score (nSPS) is 31.3. The largest absolute Gasteiger partial charge is 0.162 e. The molecular formula is C6H10S. The van der Waals surface area contributed by atoms with Gasteiger partial charge in [0.2, 0.25) is 0 Å². The molecule has 7 heavy (non-hydrogen) atoms. The maximum atomic E-state index is 5.42. The summed E-state index contributed by atoms with van der Waals surface area (Å²) in [5.74, 6) is 3.48. The average Bonchev–Trinajstić information content (AvgIpc) is 2.14. The van der Waals surface area contributed by atoms with Crippen molar-refractivity contribution in [3.8, 4) is 0 Å². The van der Waals surface area contributed by atoms with Gasteiger partial charge in [-0.3, -0.25) is 0 Å². The van der Waals surface area contributed by atoms with Crippen molar-refractivity contribution in [2.45, 2.75) is 12.8 Å². The molecule has 1 saturated heterocycles. The third kappa shape index (κ3) is 1.37. The summed E-state index contributed by atoms with van der Waals surface area (Å²) in [5, 5.41) is 0. The van der Waals surface area contributed by atoms with Crippen LogP contribution in [-0.2, 0) is 0 Å². The van der Waals surface area contributed by atoms with Crippen LogP contribution in [0.5, 0.6) is 0 Å². The number of rotatable bonds is 1. The van der Waals surface area contributed by atoms with E-state index in [0.717, 1.165) is 12.3 Å².